The van der Waals surface area contributed by atoms with Crippen LogP contribution < -0.4 is 10.6 Å². The van der Waals surface area contributed by atoms with Gasteiger partial charge in [0.2, 0.25) is 0 Å². The molecule has 106 valence electrons. The molecule has 7 heteroatoms. The van der Waals surface area contributed by atoms with E-state index in [9.17, 15) is 8.42 Å². The van der Waals surface area contributed by atoms with E-state index in [4.69, 9.17) is 17.3 Å². The average Bonchev–Trinajstić information content (AvgIpc) is 2.41. The van der Waals surface area contributed by atoms with E-state index in [2.05, 4.69) is 0 Å². The van der Waals surface area contributed by atoms with Crippen LogP contribution in [0.4, 0.5) is 11.4 Å². The lowest BCUT2D eigenvalue weighted by Crippen LogP contribution is -2.48. The van der Waals surface area contributed by atoms with Crippen LogP contribution in [-0.4, -0.2) is 37.6 Å². The van der Waals surface area contributed by atoms with Crippen LogP contribution in [0.25, 0.3) is 0 Å². The highest BCUT2D eigenvalue weighted by molar-refractivity contribution is 8.01. The summed E-state index contributed by atoms with van der Waals surface area (Å²) in [5.41, 5.74) is 7.25. The summed E-state index contributed by atoms with van der Waals surface area (Å²) in [6.45, 7) is 2.34. The van der Waals surface area contributed by atoms with E-state index < -0.39 is 15.2 Å². The van der Waals surface area contributed by atoms with Crippen molar-refractivity contribution in [3.8, 4) is 0 Å². The quantitative estimate of drug-likeness (QED) is 0.865. The summed E-state index contributed by atoms with van der Waals surface area (Å²) in [6, 6.07) is 5.17. The maximum Gasteiger partial charge on any atom is 0.171 e. The molecule has 0 amide bonds. The third-order valence-corrected chi connectivity index (χ3v) is 6.73. The maximum atomic E-state index is 12.2. The van der Waals surface area contributed by atoms with Gasteiger partial charge in [0.05, 0.1) is 11.4 Å². The normalized spacial score (nSPS) is 20.5. The highest BCUT2D eigenvalue weighted by atomic mass is 35.5. The second-order valence-electron chi connectivity index (χ2n) is 4.38. The second kappa shape index (κ2) is 5.81. The molecular formula is C12H17ClN2O2S2. The van der Waals surface area contributed by atoms with Crippen LogP contribution in [0.15, 0.2) is 18.2 Å². The molecule has 1 aromatic carbocycles. The number of nitrogen functional groups attached to an aromatic ring is 1. The number of anilines is 2. The lowest BCUT2D eigenvalue weighted by Gasteiger charge is -2.37. The minimum absolute atomic E-state index is 0.134. The Morgan fingerprint density at radius 2 is 2.26 bits per heavy atom. The van der Waals surface area contributed by atoms with Crippen LogP contribution in [0.5, 0.6) is 0 Å². The highest BCUT2D eigenvalue weighted by Gasteiger charge is 2.33. The van der Waals surface area contributed by atoms with Gasteiger partial charge in [0.15, 0.2) is 9.84 Å². The van der Waals surface area contributed by atoms with Gasteiger partial charge in [-0.1, -0.05) is 18.5 Å². The summed E-state index contributed by atoms with van der Waals surface area (Å²) in [6.07, 6.45) is 0. The van der Waals surface area contributed by atoms with Gasteiger partial charge in [-0.15, -0.1) is 0 Å². The van der Waals surface area contributed by atoms with Gasteiger partial charge < -0.3 is 10.6 Å². The lowest BCUT2D eigenvalue weighted by molar-refractivity contribution is 0.580. The summed E-state index contributed by atoms with van der Waals surface area (Å²) >= 11 is 7.65. The molecule has 2 N–H and O–H groups in total. The predicted octanol–water partition coefficient (Wildman–Crippen LogP) is 2.24. The fraction of sp³-hybridized carbons (Fsp3) is 0.500. The van der Waals surface area contributed by atoms with Crippen molar-refractivity contribution < 1.29 is 8.42 Å². The van der Waals surface area contributed by atoms with Crippen LogP contribution >= 0.6 is 23.4 Å². The first-order valence-electron chi connectivity index (χ1n) is 6.06. The molecule has 2 rings (SSSR count). The molecule has 1 fully saturated rings. The Bertz CT molecular complexity index is 563. The number of nitrogens with two attached hydrogens (primary N) is 1. The van der Waals surface area contributed by atoms with Crippen LogP contribution in [0, 0.1) is 0 Å². The predicted molar refractivity (Wildman–Crippen MR) is 83.8 cm³/mol. The summed E-state index contributed by atoms with van der Waals surface area (Å²) < 4.78 is 24.4. The van der Waals surface area contributed by atoms with Gasteiger partial charge in [0.1, 0.15) is 5.37 Å². The van der Waals surface area contributed by atoms with Crippen molar-refractivity contribution in [1.29, 1.82) is 0 Å². The van der Waals surface area contributed by atoms with Crippen LogP contribution in [0.1, 0.15) is 6.92 Å². The summed E-state index contributed by atoms with van der Waals surface area (Å²) in [7, 11) is -3.14. The van der Waals surface area contributed by atoms with E-state index in [0.717, 1.165) is 11.4 Å². The smallest absolute Gasteiger partial charge is 0.171 e. The number of halogens is 1. The zero-order valence-corrected chi connectivity index (χ0v) is 13.1. The van der Waals surface area contributed by atoms with Crippen molar-refractivity contribution in [3.63, 3.8) is 0 Å². The largest absolute Gasteiger partial charge is 0.397 e. The van der Waals surface area contributed by atoms with Crippen molar-refractivity contribution >= 4 is 44.6 Å². The topological polar surface area (TPSA) is 63.4 Å². The number of hydrogen-bond acceptors (Lipinski definition) is 5. The Morgan fingerprint density at radius 1 is 1.53 bits per heavy atom. The molecule has 0 bridgehead atoms. The number of nitrogens with zero attached hydrogens (tertiary/aromatic N) is 1. The lowest BCUT2D eigenvalue weighted by atomic mass is 10.2. The van der Waals surface area contributed by atoms with Crippen molar-refractivity contribution in [3.05, 3.63) is 23.2 Å². The molecular weight excluding hydrogens is 304 g/mol. The maximum absolute atomic E-state index is 12.2. The van der Waals surface area contributed by atoms with E-state index in [1.54, 1.807) is 36.9 Å². The zero-order valence-electron chi connectivity index (χ0n) is 10.7. The first kappa shape index (κ1) is 14.8. The first-order valence-corrected chi connectivity index (χ1v) is 9.31. The van der Waals surface area contributed by atoms with Crippen LogP contribution in [0.3, 0.4) is 0 Å². The number of rotatable bonds is 3. The van der Waals surface area contributed by atoms with Gasteiger partial charge in [0.25, 0.3) is 0 Å². The van der Waals surface area contributed by atoms with E-state index in [1.165, 1.54) is 0 Å². The number of benzene rings is 1. The molecule has 4 nitrogen and oxygen atoms in total. The molecule has 19 heavy (non-hydrogen) atoms. The Labute approximate surface area is 123 Å². The summed E-state index contributed by atoms with van der Waals surface area (Å²) in [4.78, 5) is 1.87. The number of thioether (sulfide) groups is 1. The molecule has 1 aromatic rings. The number of hydrogen-bond donors (Lipinski definition) is 1. The SMILES string of the molecule is CCS(=O)(=O)C1CSCCN1c1cc(Cl)ccc1N. The Balaban J connectivity index is 2.42. The molecule has 0 aliphatic carbocycles. The molecule has 0 spiro atoms. The third-order valence-electron chi connectivity index (χ3n) is 3.20. The molecule has 1 heterocycles. The Morgan fingerprint density at radius 3 is 2.95 bits per heavy atom. The standard InChI is InChI=1S/C12H17ClN2O2S2/c1-2-19(16,17)12-8-18-6-5-15(12)11-7-9(13)3-4-10(11)14/h3-4,7,12H,2,5-6,8,14H2,1H3. The Kier molecular flexibility index (Phi) is 4.53. The molecule has 1 atom stereocenters. The zero-order chi connectivity index (χ0) is 14.0. The second-order valence-corrected chi connectivity index (χ2v) is 8.41. The molecule has 1 aliphatic heterocycles. The average molecular weight is 321 g/mol. The Hall–Kier alpha value is -0.590. The molecule has 1 aliphatic rings. The third kappa shape index (κ3) is 3.12. The van der Waals surface area contributed by atoms with Gasteiger partial charge >= 0.3 is 0 Å². The summed E-state index contributed by atoms with van der Waals surface area (Å²) in [5.74, 6) is 1.60. The van der Waals surface area contributed by atoms with Crippen molar-refractivity contribution in [2.75, 3.05) is 34.4 Å². The van der Waals surface area contributed by atoms with E-state index in [1.807, 2.05) is 4.90 Å². The van der Waals surface area contributed by atoms with Crippen molar-refractivity contribution in [1.82, 2.24) is 0 Å². The molecule has 0 saturated carbocycles. The minimum atomic E-state index is -3.14. The van der Waals surface area contributed by atoms with Gasteiger partial charge in [-0.05, 0) is 18.2 Å². The fourth-order valence-corrected chi connectivity index (χ4v) is 5.26. The monoisotopic (exact) mass is 320 g/mol. The summed E-state index contributed by atoms with van der Waals surface area (Å²) in [5, 5.41) is 0.0482. The first-order chi connectivity index (χ1) is 8.95. The van der Waals surface area contributed by atoms with E-state index in [0.29, 0.717) is 23.0 Å². The molecule has 1 saturated heterocycles. The van der Waals surface area contributed by atoms with Gasteiger partial charge in [-0.25, -0.2) is 8.42 Å². The van der Waals surface area contributed by atoms with Gasteiger partial charge in [0, 0.05) is 28.8 Å². The van der Waals surface area contributed by atoms with E-state index >= 15 is 0 Å². The molecule has 0 radical (unpaired) electrons. The minimum Gasteiger partial charge on any atom is -0.397 e. The van der Waals surface area contributed by atoms with Crippen molar-refractivity contribution in [2.45, 2.75) is 12.3 Å². The molecule has 0 aromatic heterocycles. The van der Waals surface area contributed by atoms with Crippen LogP contribution in [-0.2, 0) is 9.84 Å². The highest BCUT2D eigenvalue weighted by Crippen LogP contribution is 2.33. The van der Waals surface area contributed by atoms with E-state index in [-0.39, 0.29) is 5.75 Å². The van der Waals surface area contributed by atoms with Crippen LogP contribution in [0.2, 0.25) is 5.02 Å². The number of sulfone groups is 1. The van der Waals surface area contributed by atoms with Gasteiger partial charge in [-0.2, -0.15) is 11.8 Å². The molecule has 1 unspecified atom stereocenters. The van der Waals surface area contributed by atoms with Gasteiger partial charge in [-0.3, -0.25) is 0 Å². The van der Waals surface area contributed by atoms with Crippen molar-refractivity contribution in [2.24, 2.45) is 0 Å². The fourth-order valence-electron chi connectivity index (χ4n) is 2.11.